The Kier molecular flexibility index (Phi) is 4.97. The van der Waals surface area contributed by atoms with E-state index < -0.39 is 5.92 Å². The Bertz CT molecular complexity index is 776. The van der Waals surface area contributed by atoms with E-state index in [1.165, 1.54) is 24.3 Å². The second-order valence-corrected chi connectivity index (χ2v) is 5.80. The molecule has 0 radical (unpaired) electrons. The molecule has 3 rings (SSSR count). The molecule has 1 heterocycles. The van der Waals surface area contributed by atoms with Crippen molar-refractivity contribution in [2.75, 3.05) is 23.4 Å². The van der Waals surface area contributed by atoms with Crippen molar-refractivity contribution in [2.24, 2.45) is 5.92 Å². The van der Waals surface area contributed by atoms with Crippen LogP contribution in [0.1, 0.15) is 13.3 Å². The Balaban J connectivity index is 1.72. The smallest absolute Gasteiger partial charge is 0.229 e. The van der Waals surface area contributed by atoms with E-state index in [2.05, 4.69) is 5.32 Å². The van der Waals surface area contributed by atoms with Gasteiger partial charge in [0, 0.05) is 18.7 Å². The highest BCUT2D eigenvalue weighted by atomic mass is 19.1. The molecule has 25 heavy (non-hydrogen) atoms. The van der Waals surface area contributed by atoms with Crippen LogP contribution in [0, 0.1) is 11.7 Å². The molecule has 2 aromatic rings. The summed E-state index contributed by atoms with van der Waals surface area (Å²) < 4.78 is 18.5. The lowest BCUT2D eigenvalue weighted by Crippen LogP contribution is -2.28. The molecule has 6 heteroatoms. The predicted octanol–water partition coefficient (Wildman–Crippen LogP) is 3.22. The van der Waals surface area contributed by atoms with Crippen LogP contribution >= 0.6 is 0 Å². The molecule has 1 N–H and O–H groups in total. The molecule has 0 spiro atoms. The van der Waals surface area contributed by atoms with Gasteiger partial charge in [0.1, 0.15) is 11.6 Å². The number of carbonyl (C=O) groups is 2. The molecule has 0 saturated carbocycles. The fraction of sp³-hybridized carbons (Fsp3) is 0.263. The highest BCUT2D eigenvalue weighted by Crippen LogP contribution is 2.33. The first-order valence-corrected chi connectivity index (χ1v) is 8.17. The third-order valence-corrected chi connectivity index (χ3v) is 4.06. The normalized spacial score (nSPS) is 16.8. The Hall–Kier alpha value is -2.89. The lowest BCUT2D eigenvalue weighted by Gasteiger charge is -2.20. The van der Waals surface area contributed by atoms with Crippen LogP contribution in [0.25, 0.3) is 0 Å². The van der Waals surface area contributed by atoms with Crippen molar-refractivity contribution in [1.82, 2.24) is 0 Å². The average Bonchev–Trinajstić information content (AvgIpc) is 2.99. The van der Waals surface area contributed by atoms with Gasteiger partial charge in [-0.15, -0.1) is 0 Å². The van der Waals surface area contributed by atoms with Crippen molar-refractivity contribution in [3.05, 3.63) is 54.3 Å². The van der Waals surface area contributed by atoms with Crippen molar-refractivity contribution in [3.8, 4) is 5.75 Å². The van der Waals surface area contributed by atoms with E-state index in [0.29, 0.717) is 23.7 Å². The molecule has 0 unspecified atom stereocenters. The summed E-state index contributed by atoms with van der Waals surface area (Å²) in [6.45, 7) is 2.66. The Labute approximate surface area is 145 Å². The molecule has 2 amide bonds. The summed E-state index contributed by atoms with van der Waals surface area (Å²) in [7, 11) is 0. The van der Waals surface area contributed by atoms with Crippen LogP contribution in [0.3, 0.4) is 0 Å². The fourth-order valence-electron chi connectivity index (χ4n) is 2.85. The first kappa shape index (κ1) is 17.0. The van der Waals surface area contributed by atoms with E-state index in [0.717, 1.165) is 0 Å². The number of ether oxygens (including phenoxy) is 1. The third kappa shape index (κ3) is 3.79. The van der Waals surface area contributed by atoms with E-state index in [1.807, 2.05) is 25.1 Å². The van der Waals surface area contributed by atoms with E-state index in [-0.39, 0.29) is 30.6 Å². The Morgan fingerprint density at radius 3 is 2.68 bits per heavy atom. The molecule has 1 fully saturated rings. The zero-order valence-corrected chi connectivity index (χ0v) is 13.9. The van der Waals surface area contributed by atoms with Gasteiger partial charge in [0.15, 0.2) is 0 Å². The van der Waals surface area contributed by atoms with Gasteiger partial charge in [-0.05, 0) is 43.3 Å². The largest absolute Gasteiger partial charge is 0.492 e. The molecule has 1 aliphatic heterocycles. The number of nitrogens with zero attached hydrogens (tertiary/aromatic N) is 1. The van der Waals surface area contributed by atoms with E-state index in [9.17, 15) is 14.0 Å². The number of anilines is 2. The zero-order valence-electron chi connectivity index (χ0n) is 13.9. The van der Waals surface area contributed by atoms with Gasteiger partial charge in [-0.2, -0.15) is 0 Å². The van der Waals surface area contributed by atoms with Crippen LogP contribution in [0.4, 0.5) is 15.8 Å². The maximum absolute atomic E-state index is 12.9. The lowest BCUT2D eigenvalue weighted by molar-refractivity contribution is -0.122. The second-order valence-electron chi connectivity index (χ2n) is 5.80. The van der Waals surface area contributed by atoms with Crippen molar-refractivity contribution >= 4 is 23.2 Å². The summed E-state index contributed by atoms with van der Waals surface area (Å²) in [6.07, 6.45) is 0.132. The number of carbonyl (C=O) groups excluding carboxylic acids is 2. The van der Waals surface area contributed by atoms with E-state index in [1.54, 1.807) is 11.0 Å². The molecular formula is C19H19FN2O3. The number of hydrogen-bond donors (Lipinski definition) is 1. The number of para-hydroxylation sites is 2. The van der Waals surface area contributed by atoms with Crippen LogP contribution in [0.5, 0.6) is 5.75 Å². The predicted molar refractivity (Wildman–Crippen MR) is 93.1 cm³/mol. The maximum Gasteiger partial charge on any atom is 0.229 e. The molecule has 1 atom stereocenters. The fourth-order valence-corrected chi connectivity index (χ4v) is 2.85. The molecule has 0 aromatic heterocycles. The van der Waals surface area contributed by atoms with Gasteiger partial charge in [-0.3, -0.25) is 9.59 Å². The zero-order chi connectivity index (χ0) is 17.8. The van der Waals surface area contributed by atoms with E-state index in [4.69, 9.17) is 4.74 Å². The van der Waals surface area contributed by atoms with Crippen molar-refractivity contribution < 1.29 is 18.7 Å². The van der Waals surface area contributed by atoms with Crippen LogP contribution in [0.15, 0.2) is 48.5 Å². The molecule has 0 bridgehead atoms. The minimum atomic E-state index is -0.466. The molecule has 0 aliphatic carbocycles. The van der Waals surface area contributed by atoms with Gasteiger partial charge in [0.05, 0.1) is 18.2 Å². The number of nitrogens with one attached hydrogen (secondary N) is 1. The molecule has 130 valence electrons. The van der Waals surface area contributed by atoms with Crippen molar-refractivity contribution in [1.29, 1.82) is 0 Å². The highest BCUT2D eigenvalue weighted by Gasteiger charge is 2.36. The number of rotatable bonds is 5. The SMILES string of the molecule is CCOc1ccccc1N1C[C@@H](C(=O)Nc2ccc(F)cc2)CC1=O. The summed E-state index contributed by atoms with van der Waals surface area (Å²) in [5.74, 6) is -0.583. The second kappa shape index (κ2) is 7.34. The van der Waals surface area contributed by atoms with Gasteiger partial charge in [-0.25, -0.2) is 4.39 Å². The topological polar surface area (TPSA) is 58.6 Å². The quantitative estimate of drug-likeness (QED) is 0.908. The summed E-state index contributed by atoms with van der Waals surface area (Å²) >= 11 is 0. The third-order valence-electron chi connectivity index (χ3n) is 4.06. The number of benzene rings is 2. The lowest BCUT2D eigenvalue weighted by atomic mass is 10.1. The summed E-state index contributed by atoms with van der Waals surface area (Å²) in [5, 5.41) is 2.73. The van der Waals surface area contributed by atoms with Gasteiger partial charge >= 0.3 is 0 Å². The van der Waals surface area contributed by atoms with Crippen molar-refractivity contribution in [2.45, 2.75) is 13.3 Å². The molecule has 5 nitrogen and oxygen atoms in total. The van der Waals surface area contributed by atoms with Gasteiger partial charge in [0.2, 0.25) is 11.8 Å². The number of amides is 2. The molecular weight excluding hydrogens is 323 g/mol. The molecule has 2 aromatic carbocycles. The minimum absolute atomic E-state index is 0.119. The monoisotopic (exact) mass is 342 g/mol. The van der Waals surface area contributed by atoms with Gasteiger partial charge < -0.3 is 15.0 Å². The Morgan fingerprint density at radius 1 is 1.24 bits per heavy atom. The van der Waals surface area contributed by atoms with Gasteiger partial charge in [-0.1, -0.05) is 12.1 Å². The first-order valence-electron chi connectivity index (χ1n) is 8.17. The average molecular weight is 342 g/mol. The minimum Gasteiger partial charge on any atom is -0.492 e. The molecule has 1 aliphatic rings. The van der Waals surface area contributed by atoms with E-state index >= 15 is 0 Å². The summed E-state index contributed by atoms with van der Waals surface area (Å²) in [6, 6.07) is 12.8. The van der Waals surface area contributed by atoms with Crippen LogP contribution in [0.2, 0.25) is 0 Å². The van der Waals surface area contributed by atoms with Gasteiger partial charge in [0.25, 0.3) is 0 Å². The molecule has 1 saturated heterocycles. The summed E-state index contributed by atoms with van der Waals surface area (Å²) in [4.78, 5) is 26.4. The van der Waals surface area contributed by atoms with Crippen LogP contribution in [-0.2, 0) is 9.59 Å². The highest BCUT2D eigenvalue weighted by molar-refractivity contribution is 6.04. The Morgan fingerprint density at radius 2 is 1.96 bits per heavy atom. The standard InChI is InChI=1S/C19H19FN2O3/c1-2-25-17-6-4-3-5-16(17)22-12-13(11-18(22)23)19(24)21-15-9-7-14(20)8-10-15/h3-10,13H,2,11-12H2,1H3,(H,21,24)/t13-/m0/s1. The van der Waals surface area contributed by atoms with Crippen molar-refractivity contribution in [3.63, 3.8) is 0 Å². The number of hydrogen-bond acceptors (Lipinski definition) is 3. The van der Waals surface area contributed by atoms with Crippen LogP contribution < -0.4 is 15.0 Å². The summed E-state index contributed by atoms with van der Waals surface area (Å²) in [5.41, 5.74) is 1.18. The maximum atomic E-state index is 12.9. The van der Waals surface area contributed by atoms with Crippen LogP contribution in [-0.4, -0.2) is 25.0 Å². The first-order chi connectivity index (χ1) is 12.1. The number of halogens is 1.